The maximum atomic E-state index is 8.68. The van der Waals surface area contributed by atoms with E-state index >= 15 is 0 Å². The van der Waals surface area contributed by atoms with Crippen molar-refractivity contribution in [2.75, 3.05) is 7.11 Å². The van der Waals surface area contributed by atoms with E-state index in [4.69, 9.17) is 14.8 Å². The molecule has 0 bridgehead atoms. The van der Waals surface area contributed by atoms with Gasteiger partial charge < -0.3 is 14.8 Å². The van der Waals surface area contributed by atoms with Gasteiger partial charge in [0, 0.05) is 6.07 Å². The number of nitrogens with zero attached hydrogens (tertiary/aromatic N) is 1. The number of methoxy groups -OCH3 is 1. The van der Waals surface area contributed by atoms with Crippen molar-refractivity contribution in [3.63, 3.8) is 0 Å². The standard InChI is InChI=1S/C6H8BNO3.ClH/c1-11-6-4-2-3-5(8-6)7(9)10;/h2-4,9-10H,1H3;1H. The molecule has 0 spiro atoms. The summed E-state index contributed by atoms with van der Waals surface area (Å²) in [6.07, 6.45) is 0. The Morgan fingerprint density at radius 2 is 2.08 bits per heavy atom. The lowest BCUT2D eigenvalue weighted by Gasteiger charge is -2.00. The molecule has 0 atom stereocenters. The zero-order valence-corrected chi connectivity index (χ0v) is 7.28. The van der Waals surface area contributed by atoms with Gasteiger partial charge >= 0.3 is 7.12 Å². The van der Waals surface area contributed by atoms with Crippen LogP contribution >= 0.6 is 12.4 Å². The minimum atomic E-state index is -1.54. The van der Waals surface area contributed by atoms with Crippen LogP contribution in [0.4, 0.5) is 0 Å². The van der Waals surface area contributed by atoms with E-state index in [0.29, 0.717) is 5.88 Å². The summed E-state index contributed by atoms with van der Waals surface area (Å²) in [6, 6.07) is 4.78. The second-order valence-electron chi connectivity index (χ2n) is 1.98. The van der Waals surface area contributed by atoms with E-state index in [-0.39, 0.29) is 18.0 Å². The molecule has 12 heavy (non-hydrogen) atoms. The van der Waals surface area contributed by atoms with Gasteiger partial charge in [0.1, 0.15) is 0 Å². The Bertz CT molecular complexity index is 246. The third-order valence-corrected chi connectivity index (χ3v) is 1.22. The normalized spacial score (nSPS) is 8.58. The van der Waals surface area contributed by atoms with Crippen LogP contribution in [-0.2, 0) is 0 Å². The fourth-order valence-corrected chi connectivity index (χ4v) is 0.688. The van der Waals surface area contributed by atoms with Gasteiger partial charge in [-0.25, -0.2) is 4.98 Å². The summed E-state index contributed by atoms with van der Waals surface area (Å²) < 4.78 is 4.77. The van der Waals surface area contributed by atoms with Crippen LogP contribution < -0.4 is 10.3 Å². The van der Waals surface area contributed by atoms with E-state index < -0.39 is 7.12 Å². The molecule has 0 aliphatic heterocycles. The van der Waals surface area contributed by atoms with E-state index in [2.05, 4.69) is 4.98 Å². The molecule has 0 fully saturated rings. The van der Waals surface area contributed by atoms with Gasteiger partial charge in [0.25, 0.3) is 0 Å². The third kappa shape index (κ3) is 2.69. The van der Waals surface area contributed by atoms with Crippen molar-refractivity contribution in [1.29, 1.82) is 0 Å². The highest BCUT2D eigenvalue weighted by Crippen LogP contribution is 1.99. The molecule has 0 saturated carbocycles. The first-order valence-electron chi connectivity index (χ1n) is 3.11. The Morgan fingerprint density at radius 3 is 2.58 bits per heavy atom. The summed E-state index contributed by atoms with van der Waals surface area (Å²) in [5, 5.41) is 17.4. The van der Waals surface area contributed by atoms with Crippen molar-refractivity contribution in [2.24, 2.45) is 0 Å². The zero-order chi connectivity index (χ0) is 8.27. The van der Waals surface area contributed by atoms with Gasteiger partial charge in [0.15, 0.2) is 0 Å². The van der Waals surface area contributed by atoms with E-state index in [9.17, 15) is 0 Å². The van der Waals surface area contributed by atoms with Gasteiger partial charge in [-0.2, -0.15) is 0 Å². The molecule has 6 heteroatoms. The Balaban J connectivity index is 0.00000121. The maximum Gasteiger partial charge on any atom is 0.508 e. The molecule has 1 aromatic rings. The largest absolute Gasteiger partial charge is 0.508 e. The maximum absolute atomic E-state index is 8.68. The molecule has 66 valence electrons. The Labute approximate surface area is 76.8 Å². The van der Waals surface area contributed by atoms with E-state index in [1.165, 1.54) is 13.2 Å². The van der Waals surface area contributed by atoms with Crippen molar-refractivity contribution in [3.8, 4) is 5.88 Å². The van der Waals surface area contributed by atoms with E-state index in [1.54, 1.807) is 12.1 Å². The van der Waals surface area contributed by atoms with Gasteiger partial charge in [-0.1, -0.05) is 6.07 Å². The van der Waals surface area contributed by atoms with Crippen LogP contribution in [0.3, 0.4) is 0 Å². The van der Waals surface area contributed by atoms with Crippen LogP contribution in [0, 0.1) is 0 Å². The van der Waals surface area contributed by atoms with Crippen LogP contribution in [0.2, 0.25) is 0 Å². The zero-order valence-electron chi connectivity index (χ0n) is 6.47. The molecular formula is C6H9BClNO3. The van der Waals surface area contributed by atoms with E-state index in [0.717, 1.165) is 0 Å². The first kappa shape index (κ1) is 11.2. The smallest absolute Gasteiger partial charge is 0.481 e. The van der Waals surface area contributed by atoms with Crippen molar-refractivity contribution >= 4 is 25.1 Å². The summed E-state index contributed by atoms with van der Waals surface area (Å²) in [5.74, 6) is 0.371. The fourth-order valence-electron chi connectivity index (χ4n) is 0.688. The van der Waals surface area contributed by atoms with Crippen molar-refractivity contribution in [1.82, 2.24) is 4.98 Å². The Hall–Kier alpha value is -0.775. The molecule has 0 saturated heterocycles. The molecule has 0 radical (unpaired) electrons. The number of rotatable bonds is 2. The second kappa shape index (κ2) is 4.98. The summed E-state index contributed by atoms with van der Waals surface area (Å²) in [5.41, 5.74) is 0.185. The summed E-state index contributed by atoms with van der Waals surface area (Å²) in [7, 11) is -0.0688. The number of aromatic nitrogens is 1. The van der Waals surface area contributed by atoms with Gasteiger partial charge in [-0.05, 0) is 6.07 Å². The molecule has 0 aliphatic carbocycles. The lowest BCUT2D eigenvalue weighted by Crippen LogP contribution is -2.32. The molecule has 2 N–H and O–H groups in total. The Morgan fingerprint density at radius 1 is 1.42 bits per heavy atom. The number of hydrogen-bond donors (Lipinski definition) is 2. The minimum absolute atomic E-state index is 0. The number of ether oxygens (including phenoxy) is 1. The molecule has 0 unspecified atom stereocenters. The second-order valence-corrected chi connectivity index (χ2v) is 1.98. The van der Waals surface area contributed by atoms with Gasteiger partial charge in [0.05, 0.1) is 12.7 Å². The summed E-state index contributed by atoms with van der Waals surface area (Å²) >= 11 is 0. The average molecular weight is 189 g/mol. The van der Waals surface area contributed by atoms with Crippen LogP contribution in [0.1, 0.15) is 0 Å². The van der Waals surface area contributed by atoms with Gasteiger partial charge in [-0.15, -0.1) is 12.4 Å². The van der Waals surface area contributed by atoms with Crippen molar-refractivity contribution in [3.05, 3.63) is 18.2 Å². The Kier molecular flexibility index (Phi) is 4.65. The predicted molar refractivity (Wildman–Crippen MR) is 47.9 cm³/mol. The molecule has 1 aromatic heterocycles. The lowest BCUT2D eigenvalue weighted by molar-refractivity contribution is 0.395. The summed E-state index contributed by atoms with van der Waals surface area (Å²) in [6.45, 7) is 0. The quantitative estimate of drug-likeness (QED) is 0.598. The molecule has 0 aromatic carbocycles. The van der Waals surface area contributed by atoms with Crippen LogP contribution in [0.25, 0.3) is 0 Å². The molecule has 1 heterocycles. The topological polar surface area (TPSA) is 62.6 Å². The average Bonchev–Trinajstić information content (AvgIpc) is 2.05. The van der Waals surface area contributed by atoms with Crippen LogP contribution in [0.5, 0.6) is 5.88 Å². The summed E-state index contributed by atoms with van der Waals surface area (Å²) in [4.78, 5) is 3.77. The van der Waals surface area contributed by atoms with Crippen LogP contribution in [0.15, 0.2) is 18.2 Å². The molecule has 0 amide bonds. The highest BCUT2D eigenvalue weighted by Gasteiger charge is 2.12. The highest BCUT2D eigenvalue weighted by atomic mass is 35.5. The number of halogens is 1. The molecule has 1 rings (SSSR count). The predicted octanol–water partition coefficient (Wildman–Crippen LogP) is -0.808. The fraction of sp³-hybridized carbons (Fsp3) is 0.167. The molecule has 4 nitrogen and oxygen atoms in total. The van der Waals surface area contributed by atoms with Crippen LogP contribution in [-0.4, -0.2) is 29.3 Å². The highest BCUT2D eigenvalue weighted by molar-refractivity contribution is 6.57. The molecule has 0 aliphatic rings. The first-order chi connectivity index (χ1) is 5.24. The van der Waals surface area contributed by atoms with Crippen molar-refractivity contribution < 1.29 is 14.8 Å². The first-order valence-corrected chi connectivity index (χ1v) is 3.11. The number of pyridine rings is 1. The number of hydrogen-bond acceptors (Lipinski definition) is 4. The van der Waals surface area contributed by atoms with Gasteiger partial charge in [0.2, 0.25) is 5.88 Å². The monoisotopic (exact) mass is 189 g/mol. The minimum Gasteiger partial charge on any atom is -0.481 e. The van der Waals surface area contributed by atoms with Gasteiger partial charge in [-0.3, -0.25) is 0 Å². The van der Waals surface area contributed by atoms with E-state index in [1.807, 2.05) is 0 Å². The lowest BCUT2D eigenvalue weighted by atomic mass is 9.86. The van der Waals surface area contributed by atoms with Crippen molar-refractivity contribution in [2.45, 2.75) is 0 Å². The third-order valence-electron chi connectivity index (χ3n) is 1.22. The molecular weight excluding hydrogens is 180 g/mol. The SMILES string of the molecule is COc1cccc(B(O)O)n1.Cl.